The molecule has 0 heterocycles. The molecule has 0 aliphatic rings. The fourth-order valence-corrected chi connectivity index (χ4v) is 2.29. The Morgan fingerprint density at radius 3 is 2.35 bits per heavy atom. The topological polar surface area (TPSA) is 44.6 Å². The highest BCUT2D eigenvalue weighted by Crippen LogP contribution is 2.30. The van der Waals surface area contributed by atoms with Crippen LogP contribution in [0.2, 0.25) is 0 Å². The molecule has 0 radical (unpaired) electrons. The van der Waals surface area contributed by atoms with Crippen LogP contribution in [0.4, 0.5) is 17.1 Å². The van der Waals surface area contributed by atoms with Gasteiger partial charge in [-0.3, -0.25) is 4.99 Å². The third kappa shape index (κ3) is 3.58. The van der Waals surface area contributed by atoms with Gasteiger partial charge in [-0.05, 0) is 36.8 Å². The summed E-state index contributed by atoms with van der Waals surface area (Å²) in [5, 5.41) is 13.4. The number of benzene rings is 3. The third-order valence-corrected chi connectivity index (χ3v) is 3.58. The second kappa shape index (κ2) is 6.79. The highest BCUT2D eigenvalue weighted by Gasteiger charge is 2.06. The Labute approximate surface area is 136 Å². The van der Waals surface area contributed by atoms with E-state index in [0.29, 0.717) is 5.69 Å². The Kier molecular flexibility index (Phi) is 4.39. The zero-order valence-corrected chi connectivity index (χ0v) is 12.9. The molecule has 0 fully saturated rings. The number of aliphatic imine (C=N–C) groups is 1. The van der Waals surface area contributed by atoms with Gasteiger partial charge in [0.05, 0.1) is 11.4 Å². The lowest BCUT2D eigenvalue weighted by Gasteiger charge is -2.12. The Morgan fingerprint density at radius 1 is 0.826 bits per heavy atom. The molecule has 0 aliphatic heterocycles. The van der Waals surface area contributed by atoms with Crippen LogP contribution in [0, 0.1) is 6.92 Å². The first-order valence-corrected chi connectivity index (χ1v) is 7.48. The molecule has 0 spiro atoms. The molecular weight excluding hydrogens is 284 g/mol. The largest absolute Gasteiger partial charge is 0.505 e. The average molecular weight is 302 g/mol. The maximum Gasteiger partial charge on any atom is 0.141 e. The molecule has 3 aromatic rings. The zero-order valence-electron chi connectivity index (χ0n) is 12.9. The summed E-state index contributed by atoms with van der Waals surface area (Å²) < 4.78 is 0. The SMILES string of the molecule is Cc1cccc(Nc2ccccc2C=Nc2ccccc2)c1O. The van der Waals surface area contributed by atoms with E-state index in [0.717, 1.165) is 22.5 Å². The van der Waals surface area contributed by atoms with Crippen LogP contribution in [-0.4, -0.2) is 11.3 Å². The van der Waals surface area contributed by atoms with Crippen molar-refractivity contribution in [2.45, 2.75) is 6.92 Å². The van der Waals surface area contributed by atoms with E-state index in [1.54, 1.807) is 0 Å². The summed E-state index contributed by atoms with van der Waals surface area (Å²) in [6.45, 7) is 1.88. The number of rotatable bonds is 4. The van der Waals surface area contributed by atoms with E-state index in [1.165, 1.54) is 0 Å². The molecule has 0 saturated carbocycles. The summed E-state index contributed by atoms with van der Waals surface area (Å²) in [4.78, 5) is 4.49. The number of para-hydroxylation sites is 3. The van der Waals surface area contributed by atoms with E-state index in [1.807, 2.05) is 85.9 Å². The molecule has 0 saturated heterocycles. The lowest BCUT2D eigenvalue weighted by atomic mass is 10.1. The van der Waals surface area contributed by atoms with Crippen molar-refractivity contribution in [2.75, 3.05) is 5.32 Å². The number of hydrogen-bond donors (Lipinski definition) is 2. The van der Waals surface area contributed by atoms with Gasteiger partial charge in [-0.25, -0.2) is 0 Å². The van der Waals surface area contributed by atoms with Gasteiger partial charge < -0.3 is 10.4 Å². The molecule has 3 aromatic carbocycles. The molecule has 0 aliphatic carbocycles. The van der Waals surface area contributed by atoms with Crippen molar-refractivity contribution in [3.63, 3.8) is 0 Å². The average Bonchev–Trinajstić information content (AvgIpc) is 2.59. The van der Waals surface area contributed by atoms with Gasteiger partial charge in [0.1, 0.15) is 5.75 Å². The number of phenols is 1. The van der Waals surface area contributed by atoms with Crippen molar-refractivity contribution in [1.29, 1.82) is 0 Å². The number of aryl methyl sites for hydroxylation is 1. The van der Waals surface area contributed by atoms with Gasteiger partial charge in [-0.2, -0.15) is 0 Å². The van der Waals surface area contributed by atoms with Crippen LogP contribution < -0.4 is 5.32 Å². The maximum absolute atomic E-state index is 10.2. The van der Waals surface area contributed by atoms with E-state index in [4.69, 9.17) is 0 Å². The first-order valence-electron chi connectivity index (χ1n) is 7.48. The van der Waals surface area contributed by atoms with Crippen molar-refractivity contribution in [2.24, 2.45) is 4.99 Å². The second-order valence-corrected chi connectivity index (χ2v) is 5.28. The van der Waals surface area contributed by atoms with Crippen molar-refractivity contribution in [3.8, 4) is 5.75 Å². The second-order valence-electron chi connectivity index (χ2n) is 5.28. The van der Waals surface area contributed by atoms with Crippen LogP contribution in [0.1, 0.15) is 11.1 Å². The first-order chi connectivity index (χ1) is 11.2. The molecule has 0 aromatic heterocycles. The quantitative estimate of drug-likeness (QED) is 0.514. The summed E-state index contributed by atoms with van der Waals surface area (Å²) >= 11 is 0. The summed E-state index contributed by atoms with van der Waals surface area (Å²) in [7, 11) is 0. The monoisotopic (exact) mass is 302 g/mol. The van der Waals surface area contributed by atoms with Gasteiger partial charge in [-0.1, -0.05) is 48.5 Å². The zero-order chi connectivity index (χ0) is 16.1. The summed E-state index contributed by atoms with van der Waals surface area (Å²) in [5.74, 6) is 0.266. The van der Waals surface area contributed by atoms with Crippen molar-refractivity contribution < 1.29 is 5.11 Å². The third-order valence-electron chi connectivity index (χ3n) is 3.58. The normalized spacial score (nSPS) is 10.8. The predicted molar refractivity (Wildman–Crippen MR) is 96.3 cm³/mol. The predicted octanol–water partition coefficient (Wildman–Crippen LogP) is 5.19. The van der Waals surface area contributed by atoms with Crippen molar-refractivity contribution in [1.82, 2.24) is 0 Å². The number of anilines is 2. The molecule has 0 amide bonds. The molecule has 3 heteroatoms. The fourth-order valence-electron chi connectivity index (χ4n) is 2.29. The van der Waals surface area contributed by atoms with Gasteiger partial charge in [0, 0.05) is 17.5 Å². The van der Waals surface area contributed by atoms with E-state index < -0.39 is 0 Å². The maximum atomic E-state index is 10.2. The molecule has 2 N–H and O–H groups in total. The summed E-state index contributed by atoms with van der Waals surface area (Å²) in [6, 6.07) is 23.3. The van der Waals surface area contributed by atoms with Gasteiger partial charge in [0.2, 0.25) is 0 Å². The Balaban J connectivity index is 1.89. The van der Waals surface area contributed by atoms with Gasteiger partial charge >= 0.3 is 0 Å². The van der Waals surface area contributed by atoms with Gasteiger partial charge in [-0.15, -0.1) is 0 Å². The van der Waals surface area contributed by atoms with E-state index in [2.05, 4.69) is 10.3 Å². The highest BCUT2D eigenvalue weighted by atomic mass is 16.3. The van der Waals surface area contributed by atoms with Crippen LogP contribution in [0.3, 0.4) is 0 Å². The standard InChI is InChI=1S/C20H18N2O/c1-15-8-7-13-19(20(15)23)22-18-12-6-5-9-16(18)14-21-17-10-3-2-4-11-17/h2-14,22-23H,1H3. The van der Waals surface area contributed by atoms with Crippen LogP contribution in [-0.2, 0) is 0 Å². The fraction of sp³-hybridized carbons (Fsp3) is 0.0500. The van der Waals surface area contributed by atoms with Crippen molar-refractivity contribution in [3.05, 3.63) is 83.9 Å². The number of hydrogen-bond acceptors (Lipinski definition) is 3. The molecule has 3 nitrogen and oxygen atoms in total. The molecule has 3 rings (SSSR count). The Bertz CT molecular complexity index is 826. The minimum absolute atomic E-state index is 0.266. The van der Waals surface area contributed by atoms with Gasteiger partial charge in [0.25, 0.3) is 0 Å². The lowest BCUT2D eigenvalue weighted by Crippen LogP contribution is -1.96. The van der Waals surface area contributed by atoms with Gasteiger partial charge in [0.15, 0.2) is 0 Å². The minimum Gasteiger partial charge on any atom is -0.505 e. The van der Waals surface area contributed by atoms with Crippen LogP contribution in [0.25, 0.3) is 0 Å². The van der Waals surface area contributed by atoms with E-state index in [-0.39, 0.29) is 5.75 Å². The summed E-state index contributed by atoms with van der Waals surface area (Å²) in [5.41, 5.74) is 4.28. The van der Waals surface area contributed by atoms with E-state index >= 15 is 0 Å². The Morgan fingerprint density at radius 2 is 1.52 bits per heavy atom. The number of aromatic hydroxyl groups is 1. The molecule has 0 atom stereocenters. The molecular formula is C20H18N2O. The molecule has 23 heavy (non-hydrogen) atoms. The van der Waals surface area contributed by atoms with Crippen LogP contribution >= 0.6 is 0 Å². The number of nitrogens with one attached hydrogen (secondary N) is 1. The number of nitrogens with zero attached hydrogens (tertiary/aromatic N) is 1. The first kappa shape index (κ1) is 14.9. The van der Waals surface area contributed by atoms with E-state index in [9.17, 15) is 5.11 Å². The van der Waals surface area contributed by atoms with Crippen LogP contribution in [0.15, 0.2) is 77.8 Å². The van der Waals surface area contributed by atoms with Crippen molar-refractivity contribution >= 4 is 23.3 Å². The Hall–Kier alpha value is -3.07. The molecule has 0 bridgehead atoms. The number of phenolic OH excluding ortho intramolecular Hbond substituents is 1. The lowest BCUT2D eigenvalue weighted by molar-refractivity contribution is 0.473. The van der Waals surface area contributed by atoms with Crippen LogP contribution in [0.5, 0.6) is 5.75 Å². The minimum atomic E-state index is 0.266. The molecule has 114 valence electrons. The summed E-state index contributed by atoms with van der Waals surface area (Å²) in [6.07, 6.45) is 1.82. The smallest absolute Gasteiger partial charge is 0.141 e. The molecule has 0 unspecified atom stereocenters. The highest BCUT2D eigenvalue weighted by molar-refractivity contribution is 5.91.